The summed E-state index contributed by atoms with van der Waals surface area (Å²) < 4.78 is 18.9. The van der Waals surface area contributed by atoms with Crippen LogP contribution < -0.4 is 0 Å². The Morgan fingerprint density at radius 1 is 1.03 bits per heavy atom. The molecular weight excluding hydrogens is 419 g/mol. The van der Waals surface area contributed by atoms with Crippen molar-refractivity contribution in [2.24, 2.45) is 0 Å². The van der Waals surface area contributed by atoms with E-state index >= 15 is 0 Å². The van der Waals surface area contributed by atoms with E-state index in [4.69, 9.17) is 9.84 Å². The minimum absolute atomic E-state index is 0.261. The maximum atomic E-state index is 13.2. The third kappa shape index (κ3) is 4.57. The molecule has 0 bridgehead atoms. The summed E-state index contributed by atoms with van der Waals surface area (Å²) in [6, 6.07) is 16.2. The highest BCUT2D eigenvalue weighted by Gasteiger charge is 2.46. The van der Waals surface area contributed by atoms with Crippen LogP contribution in [0.15, 0.2) is 54.6 Å². The zero-order valence-corrected chi connectivity index (χ0v) is 17.8. The van der Waals surface area contributed by atoms with Crippen molar-refractivity contribution in [2.75, 3.05) is 6.61 Å². The Morgan fingerprint density at radius 2 is 1.77 bits per heavy atom. The predicted octanol–water partition coefficient (Wildman–Crippen LogP) is 2.97. The van der Waals surface area contributed by atoms with Gasteiger partial charge in [0.2, 0.25) is 0 Å². The summed E-state index contributed by atoms with van der Waals surface area (Å²) in [6.45, 7) is 1.45. The summed E-state index contributed by atoms with van der Waals surface area (Å²) in [5.74, 6) is -0.261. The molecule has 4 rings (SSSR count). The quantitative estimate of drug-likeness (QED) is 0.469. The molecule has 0 amide bonds. The average molecular weight is 445 g/mol. The topological polar surface area (TPSA) is 90.2 Å². The lowest BCUT2D eigenvalue weighted by molar-refractivity contribution is -0.0820. The number of aryl methyl sites for hydroxylation is 1. The molecule has 164 valence electrons. The molecule has 3 aromatic rings. The first-order valence-corrected chi connectivity index (χ1v) is 10.9. The molecule has 0 spiro atoms. The molecular formula is C24H25FO5S. The summed E-state index contributed by atoms with van der Waals surface area (Å²) in [5, 5.41) is 39.7. The maximum Gasteiger partial charge on any atom is 0.123 e. The molecule has 4 N–H and O–H groups in total. The summed E-state index contributed by atoms with van der Waals surface area (Å²) in [5.41, 5.74) is 3.81. The largest absolute Gasteiger partial charge is 0.394 e. The number of rotatable bonds is 6. The van der Waals surface area contributed by atoms with Gasteiger partial charge in [-0.2, -0.15) is 0 Å². The van der Waals surface area contributed by atoms with E-state index in [0.717, 1.165) is 26.4 Å². The number of hydrogen-bond acceptors (Lipinski definition) is 6. The van der Waals surface area contributed by atoms with Crippen LogP contribution >= 0.6 is 11.3 Å². The number of aliphatic hydroxyl groups is 4. The first-order chi connectivity index (χ1) is 14.9. The van der Waals surface area contributed by atoms with E-state index in [0.29, 0.717) is 12.0 Å². The van der Waals surface area contributed by atoms with Gasteiger partial charge in [-0.3, -0.25) is 0 Å². The molecule has 1 aliphatic heterocycles. The van der Waals surface area contributed by atoms with Crippen molar-refractivity contribution in [3.8, 4) is 10.4 Å². The fourth-order valence-corrected chi connectivity index (χ4v) is 4.93. The monoisotopic (exact) mass is 444 g/mol. The van der Waals surface area contributed by atoms with Crippen LogP contribution in [-0.4, -0.2) is 51.4 Å². The van der Waals surface area contributed by atoms with Crippen molar-refractivity contribution >= 4 is 11.3 Å². The molecule has 2 heterocycles. The zero-order chi connectivity index (χ0) is 22.1. The summed E-state index contributed by atoms with van der Waals surface area (Å²) in [6.07, 6.45) is -4.92. The number of hydrogen-bond donors (Lipinski definition) is 4. The molecule has 1 aromatic heterocycles. The Morgan fingerprint density at radius 3 is 2.48 bits per heavy atom. The molecule has 5 atom stereocenters. The second-order valence-electron chi connectivity index (χ2n) is 7.89. The highest BCUT2D eigenvalue weighted by atomic mass is 32.1. The van der Waals surface area contributed by atoms with E-state index in [2.05, 4.69) is 0 Å². The van der Waals surface area contributed by atoms with Gasteiger partial charge in [-0.1, -0.05) is 30.3 Å². The van der Waals surface area contributed by atoms with Crippen LogP contribution in [0.2, 0.25) is 0 Å². The fraction of sp³-hybridized carbons (Fsp3) is 0.333. The molecule has 0 aliphatic carbocycles. The number of thiophene rings is 1. The van der Waals surface area contributed by atoms with Gasteiger partial charge in [-0.25, -0.2) is 4.39 Å². The van der Waals surface area contributed by atoms with E-state index in [1.165, 1.54) is 12.1 Å². The van der Waals surface area contributed by atoms with E-state index in [-0.39, 0.29) is 5.82 Å². The lowest BCUT2D eigenvalue weighted by atomic mass is 9.95. The van der Waals surface area contributed by atoms with Gasteiger partial charge >= 0.3 is 0 Å². The predicted molar refractivity (Wildman–Crippen MR) is 116 cm³/mol. The molecule has 7 heteroatoms. The Labute approximate surface area is 184 Å². The third-order valence-corrected chi connectivity index (χ3v) is 6.86. The Bertz CT molecular complexity index is 1030. The number of halogens is 1. The molecule has 2 aromatic carbocycles. The highest BCUT2D eigenvalue weighted by molar-refractivity contribution is 7.15. The van der Waals surface area contributed by atoms with Crippen molar-refractivity contribution < 1.29 is 29.6 Å². The van der Waals surface area contributed by atoms with Gasteiger partial charge in [-0.15, -0.1) is 11.3 Å². The minimum Gasteiger partial charge on any atom is -0.394 e. The molecule has 5 nitrogen and oxygen atoms in total. The van der Waals surface area contributed by atoms with Crippen LogP contribution in [0, 0.1) is 12.7 Å². The van der Waals surface area contributed by atoms with Gasteiger partial charge < -0.3 is 25.2 Å². The molecule has 1 aliphatic rings. The van der Waals surface area contributed by atoms with Crippen LogP contribution in [0.1, 0.15) is 27.7 Å². The van der Waals surface area contributed by atoms with Crippen molar-refractivity contribution in [1.82, 2.24) is 0 Å². The number of aliphatic hydroxyl groups excluding tert-OH is 4. The van der Waals surface area contributed by atoms with Crippen LogP contribution in [0.25, 0.3) is 10.4 Å². The van der Waals surface area contributed by atoms with Gasteiger partial charge in [0.25, 0.3) is 0 Å². The lowest BCUT2D eigenvalue weighted by Gasteiger charge is -2.19. The van der Waals surface area contributed by atoms with Crippen LogP contribution in [0.5, 0.6) is 0 Å². The van der Waals surface area contributed by atoms with Crippen LogP contribution in [0.3, 0.4) is 0 Å². The van der Waals surface area contributed by atoms with Crippen molar-refractivity contribution in [3.63, 3.8) is 0 Å². The SMILES string of the molecule is Cc1ccc([C@H]2O[C@H]([C@H](O)CO)[C@@H](O)[C@@H]2O)cc1Cc1ccc(-c2ccc(F)cc2)s1. The van der Waals surface area contributed by atoms with Gasteiger partial charge in [0.05, 0.1) is 6.61 Å². The number of ether oxygens (including phenoxy) is 1. The van der Waals surface area contributed by atoms with Gasteiger partial charge in [0.15, 0.2) is 0 Å². The average Bonchev–Trinajstić information content (AvgIpc) is 3.35. The van der Waals surface area contributed by atoms with Gasteiger partial charge in [0, 0.05) is 16.2 Å². The first-order valence-electron chi connectivity index (χ1n) is 10.1. The van der Waals surface area contributed by atoms with E-state index in [1.54, 1.807) is 23.5 Å². The van der Waals surface area contributed by atoms with E-state index < -0.39 is 37.1 Å². The maximum absolute atomic E-state index is 13.2. The van der Waals surface area contributed by atoms with Crippen molar-refractivity contribution in [1.29, 1.82) is 0 Å². The molecule has 0 unspecified atom stereocenters. The van der Waals surface area contributed by atoms with Gasteiger partial charge in [0.1, 0.15) is 36.3 Å². The van der Waals surface area contributed by atoms with Crippen LogP contribution in [0.4, 0.5) is 4.39 Å². The highest BCUT2D eigenvalue weighted by Crippen LogP contribution is 2.36. The summed E-state index contributed by atoms with van der Waals surface area (Å²) in [4.78, 5) is 2.20. The third-order valence-electron chi connectivity index (χ3n) is 5.72. The van der Waals surface area contributed by atoms with Crippen molar-refractivity contribution in [3.05, 3.63) is 82.0 Å². The Balaban J connectivity index is 1.54. The fourth-order valence-electron chi connectivity index (χ4n) is 3.89. The van der Waals surface area contributed by atoms with Gasteiger partial charge in [-0.05, 0) is 53.4 Å². The molecule has 0 radical (unpaired) electrons. The lowest BCUT2D eigenvalue weighted by Crippen LogP contribution is -2.40. The second-order valence-corrected chi connectivity index (χ2v) is 9.06. The molecule has 31 heavy (non-hydrogen) atoms. The zero-order valence-electron chi connectivity index (χ0n) is 17.0. The molecule has 1 saturated heterocycles. The normalized spacial score (nSPS) is 24.5. The van der Waals surface area contributed by atoms with E-state index in [9.17, 15) is 19.7 Å². The second kappa shape index (κ2) is 9.16. The Hall–Kier alpha value is -2.13. The van der Waals surface area contributed by atoms with Crippen LogP contribution in [-0.2, 0) is 11.2 Å². The van der Waals surface area contributed by atoms with Crippen molar-refractivity contribution in [2.45, 2.75) is 43.9 Å². The summed E-state index contributed by atoms with van der Waals surface area (Å²) in [7, 11) is 0. The standard InChI is InChI=1S/C24H25FO5S/c1-13-2-3-15(23-21(28)22(29)24(30-23)19(27)12-26)10-16(13)11-18-8-9-20(31-18)14-4-6-17(25)7-5-14/h2-10,19,21-24,26-29H,11-12H2,1H3/t19-,21+,22+,23-,24-/m1/s1. The first kappa shape index (κ1) is 22.1. The molecule has 1 fully saturated rings. The molecule has 0 saturated carbocycles. The smallest absolute Gasteiger partial charge is 0.123 e. The Kier molecular flexibility index (Phi) is 6.52. The minimum atomic E-state index is -1.28. The van der Waals surface area contributed by atoms with E-state index in [1.807, 2.05) is 37.3 Å². The summed E-state index contributed by atoms with van der Waals surface area (Å²) >= 11 is 1.64. The number of benzene rings is 2.